The molecule has 18 heavy (non-hydrogen) atoms. The lowest BCUT2D eigenvalue weighted by Crippen LogP contribution is -2.30. The van der Waals surface area contributed by atoms with Crippen LogP contribution in [0.3, 0.4) is 0 Å². The van der Waals surface area contributed by atoms with E-state index in [1.54, 1.807) is 19.1 Å². The third-order valence-corrected chi connectivity index (χ3v) is 2.66. The molecule has 0 aliphatic heterocycles. The minimum atomic E-state index is -0.0777. The SMILES string of the molecule is COCCOCC(=O)N(C)Cc1c(C)noc1C. The molecule has 1 aromatic rings. The van der Waals surface area contributed by atoms with Crippen LogP contribution in [0.5, 0.6) is 0 Å². The van der Waals surface area contributed by atoms with Gasteiger partial charge >= 0.3 is 0 Å². The maximum absolute atomic E-state index is 11.8. The van der Waals surface area contributed by atoms with E-state index in [2.05, 4.69) is 5.16 Å². The van der Waals surface area contributed by atoms with Crippen molar-refractivity contribution in [1.29, 1.82) is 0 Å². The summed E-state index contributed by atoms with van der Waals surface area (Å²) in [5.41, 5.74) is 1.76. The van der Waals surface area contributed by atoms with Crippen LogP contribution in [0.4, 0.5) is 0 Å². The van der Waals surface area contributed by atoms with Gasteiger partial charge in [-0.15, -0.1) is 0 Å². The monoisotopic (exact) mass is 256 g/mol. The maximum atomic E-state index is 11.8. The maximum Gasteiger partial charge on any atom is 0.248 e. The number of methoxy groups -OCH3 is 1. The van der Waals surface area contributed by atoms with E-state index in [4.69, 9.17) is 14.0 Å². The number of likely N-dealkylation sites (N-methyl/N-ethyl adjacent to an activating group) is 1. The Balaban J connectivity index is 2.40. The summed E-state index contributed by atoms with van der Waals surface area (Å²) >= 11 is 0. The van der Waals surface area contributed by atoms with Crippen LogP contribution in [0, 0.1) is 13.8 Å². The van der Waals surface area contributed by atoms with Crippen molar-refractivity contribution in [3.05, 3.63) is 17.0 Å². The first-order valence-electron chi connectivity index (χ1n) is 5.78. The van der Waals surface area contributed by atoms with Gasteiger partial charge in [0.1, 0.15) is 12.4 Å². The van der Waals surface area contributed by atoms with E-state index in [9.17, 15) is 4.79 Å². The fourth-order valence-corrected chi connectivity index (χ4v) is 1.46. The van der Waals surface area contributed by atoms with E-state index < -0.39 is 0 Å². The molecule has 0 aromatic carbocycles. The number of aryl methyl sites for hydroxylation is 2. The first-order chi connectivity index (χ1) is 8.56. The Morgan fingerprint density at radius 1 is 1.39 bits per heavy atom. The Hall–Kier alpha value is -1.40. The van der Waals surface area contributed by atoms with E-state index in [0.717, 1.165) is 17.0 Å². The van der Waals surface area contributed by atoms with Gasteiger partial charge in [0.25, 0.3) is 0 Å². The van der Waals surface area contributed by atoms with Gasteiger partial charge in [-0.2, -0.15) is 0 Å². The molecule has 1 heterocycles. The van der Waals surface area contributed by atoms with E-state index in [1.807, 2.05) is 13.8 Å². The molecule has 0 aliphatic rings. The number of amides is 1. The molecule has 0 atom stereocenters. The molecule has 0 N–H and O–H groups in total. The predicted octanol–water partition coefficient (Wildman–Crippen LogP) is 0.913. The molecule has 6 nitrogen and oxygen atoms in total. The third-order valence-electron chi connectivity index (χ3n) is 2.66. The van der Waals surface area contributed by atoms with Gasteiger partial charge in [-0.25, -0.2) is 0 Å². The Morgan fingerprint density at radius 3 is 2.67 bits per heavy atom. The fraction of sp³-hybridized carbons (Fsp3) is 0.667. The summed E-state index contributed by atoms with van der Waals surface area (Å²) in [7, 11) is 3.32. The lowest BCUT2D eigenvalue weighted by Gasteiger charge is -2.16. The molecule has 6 heteroatoms. The minimum Gasteiger partial charge on any atom is -0.382 e. The zero-order valence-electron chi connectivity index (χ0n) is 11.4. The highest BCUT2D eigenvalue weighted by atomic mass is 16.5. The highest BCUT2D eigenvalue weighted by Gasteiger charge is 2.15. The molecule has 0 unspecified atom stereocenters. The topological polar surface area (TPSA) is 64.8 Å². The van der Waals surface area contributed by atoms with Crippen molar-refractivity contribution in [3.8, 4) is 0 Å². The molecule has 1 rings (SSSR count). The summed E-state index contributed by atoms with van der Waals surface area (Å²) < 4.78 is 15.1. The van der Waals surface area contributed by atoms with Gasteiger partial charge in [-0.05, 0) is 13.8 Å². The van der Waals surface area contributed by atoms with Gasteiger partial charge < -0.3 is 18.9 Å². The van der Waals surface area contributed by atoms with Crippen molar-refractivity contribution < 1.29 is 18.8 Å². The van der Waals surface area contributed by atoms with Gasteiger partial charge in [0.2, 0.25) is 5.91 Å². The summed E-state index contributed by atoms with van der Waals surface area (Å²) in [6, 6.07) is 0. The van der Waals surface area contributed by atoms with Crippen LogP contribution in [0.15, 0.2) is 4.52 Å². The summed E-state index contributed by atoms with van der Waals surface area (Å²) in [6.07, 6.45) is 0. The molecular formula is C12H20N2O4. The average Bonchev–Trinajstić information content (AvgIpc) is 2.66. The van der Waals surface area contributed by atoms with Crippen molar-refractivity contribution in [2.75, 3.05) is 34.0 Å². The molecule has 0 aliphatic carbocycles. The summed E-state index contributed by atoms with van der Waals surface area (Å²) in [5, 5.41) is 3.85. The van der Waals surface area contributed by atoms with Gasteiger partial charge in [0.15, 0.2) is 0 Å². The Morgan fingerprint density at radius 2 is 2.11 bits per heavy atom. The molecule has 0 saturated heterocycles. The van der Waals surface area contributed by atoms with Gasteiger partial charge in [0.05, 0.1) is 25.5 Å². The van der Waals surface area contributed by atoms with Crippen LogP contribution in [0.2, 0.25) is 0 Å². The van der Waals surface area contributed by atoms with Crippen molar-refractivity contribution in [3.63, 3.8) is 0 Å². The zero-order chi connectivity index (χ0) is 13.5. The van der Waals surface area contributed by atoms with Crippen LogP contribution in [0.25, 0.3) is 0 Å². The van der Waals surface area contributed by atoms with Crippen molar-refractivity contribution in [2.45, 2.75) is 20.4 Å². The van der Waals surface area contributed by atoms with Crippen LogP contribution < -0.4 is 0 Å². The lowest BCUT2D eigenvalue weighted by atomic mass is 10.2. The minimum absolute atomic E-state index is 0.0588. The average molecular weight is 256 g/mol. The summed E-state index contributed by atoms with van der Waals surface area (Å²) in [4.78, 5) is 13.4. The zero-order valence-corrected chi connectivity index (χ0v) is 11.4. The molecule has 1 amide bonds. The van der Waals surface area contributed by atoms with E-state index in [1.165, 1.54) is 0 Å². The van der Waals surface area contributed by atoms with Gasteiger partial charge in [0, 0.05) is 19.7 Å². The summed E-state index contributed by atoms with van der Waals surface area (Å²) in [5.74, 6) is 0.665. The first kappa shape index (κ1) is 14.7. The highest BCUT2D eigenvalue weighted by molar-refractivity contribution is 5.77. The standard InChI is InChI=1S/C12H20N2O4/c1-9-11(10(2)18-13-9)7-14(3)12(15)8-17-6-5-16-4/h5-8H2,1-4H3. The van der Waals surface area contributed by atoms with Crippen LogP contribution in [-0.2, 0) is 20.8 Å². The smallest absolute Gasteiger partial charge is 0.248 e. The largest absolute Gasteiger partial charge is 0.382 e. The second-order valence-electron chi connectivity index (χ2n) is 4.10. The quantitative estimate of drug-likeness (QED) is 0.678. The molecule has 102 valence electrons. The second-order valence-corrected chi connectivity index (χ2v) is 4.10. The Kier molecular flexibility index (Phi) is 5.80. The van der Waals surface area contributed by atoms with Crippen molar-refractivity contribution in [2.24, 2.45) is 0 Å². The molecule has 0 saturated carbocycles. The normalized spacial score (nSPS) is 10.7. The van der Waals surface area contributed by atoms with E-state index in [-0.39, 0.29) is 12.5 Å². The fourth-order valence-electron chi connectivity index (χ4n) is 1.46. The van der Waals surface area contributed by atoms with Crippen LogP contribution in [-0.4, -0.2) is 49.9 Å². The molecule has 0 bridgehead atoms. The van der Waals surface area contributed by atoms with Crippen molar-refractivity contribution in [1.82, 2.24) is 10.1 Å². The number of carbonyl (C=O) groups excluding carboxylic acids is 1. The highest BCUT2D eigenvalue weighted by Crippen LogP contribution is 2.14. The molecule has 0 radical (unpaired) electrons. The number of carbonyl (C=O) groups is 1. The number of ether oxygens (including phenoxy) is 2. The van der Waals surface area contributed by atoms with E-state index in [0.29, 0.717) is 19.8 Å². The number of hydrogen-bond donors (Lipinski definition) is 0. The van der Waals surface area contributed by atoms with Crippen LogP contribution in [0.1, 0.15) is 17.0 Å². The second kappa shape index (κ2) is 7.13. The first-order valence-corrected chi connectivity index (χ1v) is 5.78. The van der Waals surface area contributed by atoms with Gasteiger partial charge in [-0.1, -0.05) is 5.16 Å². The van der Waals surface area contributed by atoms with Crippen molar-refractivity contribution >= 4 is 5.91 Å². The van der Waals surface area contributed by atoms with Crippen LogP contribution >= 0.6 is 0 Å². The molecule has 0 spiro atoms. The Labute approximate surface area is 107 Å². The predicted molar refractivity (Wildman–Crippen MR) is 65.1 cm³/mol. The van der Waals surface area contributed by atoms with E-state index >= 15 is 0 Å². The molecule has 0 fully saturated rings. The molecule has 1 aromatic heterocycles. The Bertz CT molecular complexity index is 370. The number of hydrogen-bond acceptors (Lipinski definition) is 5. The van der Waals surface area contributed by atoms with Gasteiger partial charge in [-0.3, -0.25) is 4.79 Å². The number of aromatic nitrogens is 1. The lowest BCUT2D eigenvalue weighted by molar-refractivity contribution is -0.135. The number of nitrogens with zero attached hydrogens (tertiary/aromatic N) is 2. The molecular weight excluding hydrogens is 236 g/mol. The third kappa shape index (κ3) is 4.12. The number of rotatable bonds is 7. The summed E-state index contributed by atoms with van der Waals surface area (Å²) in [6.45, 7) is 5.14.